The molecule has 0 heterocycles. The molecule has 7 nitrogen and oxygen atoms in total. The molecule has 0 spiro atoms. The molecule has 0 amide bonds. The van der Waals surface area contributed by atoms with Crippen LogP contribution in [0.3, 0.4) is 0 Å². The predicted molar refractivity (Wildman–Crippen MR) is 119 cm³/mol. The van der Waals surface area contributed by atoms with Crippen molar-refractivity contribution in [3.63, 3.8) is 0 Å². The molecule has 7 heteroatoms. The van der Waals surface area contributed by atoms with Gasteiger partial charge in [0.15, 0.2) is 5.78 Å². The third-order valence-electron chi connectivity index (χ3n) is 4.35. The van der Waals surface area contributed by atoms with Crippen molar-refractivity contribution >= 4 is 29.5 Å². The maximum absolute atomic E-state index is 12.6. The number of nitrogens with zero attached hydrogens (tertiary/aromatic N) is 2. The first-order chi connectivity index (χ1) is 14.7. The zero-order chi connectivity index (χ0) is 23.4. The average Bonchev–Trinajstić information content (AvgIpc) is 2.76. The van der Waals surface area contributed by atoms with Gasteiger partial charge in [0.1, 0.15) is 6.07 Å². The second-order valence-electron chi connectivity index (χ2n) is 7.20. The maximum atomic E-state index is 12.6. The Kier molecular flexibility index (Phi) is 10.5. The van der Waals surface area contributed by atoms with Crippen molar-refractivity contribution in [3.05, 3.63) is 60.2 Å². The van der Waals surface area contributed by atoms with E-state index in [-0.39, 0.29) is 43.0 Å². The minimum atomic E-state index is -0.610. The molecular weight excluding hydrogens is 396 g/mol. The molecule has 164 valence electrons. The summed E-state index contributed by atoms with van der Waals surface area (Å²) in [5.74, 6) is -1.92. The largest absolute Gasteiger partial charge is 0.462 e. The van der Waals surface area contributed by atoms with Crippen molar-refractivity contribution in [1.82, 2.24) is 0 Å². The van der Waals surface area contributed by atoms with E-state index >= 15 is 0 Å². The standard InChI is InChI=1S/C24H28N2O5/c1-6-23(28)30-15-19(16-31-24(29)17(2)3)9-12-22(27)20(14-25)13-18-7-10-21(11-8-18)26(4)5/h6-8,10-11,13,19H,1-2,9,12,15-16H2,3-5H3/b20-13+. The highest BCUT2D eigenvalue weighted by Gasteiger charge is 2.18. The van der Waals surface area contributed by atoms with E-state index in [1.807, 2.05) is 49.3 Å². The van der Waals surface area contributed by atoms with Crippen LogP contribution in [0.4, 0.5) is 5.69 Å². The summed E-state index contributed by atoms with van der Waals surface area (Å²) in [7, 11) is 3.84. The fourth-order valence-corrected chi connectivity index (χ4v) is 2.47. The molecule has 0 aliphatic carbocycles. The lowest BCUT2D eigenvalue weighted by Gasteiger charge is -2.16. The molecule has 0 N–H and O–H groups in total. The lowest BCUT2D eigenvalue weighted by Crippen LogP contribution is -2.21. The third kappa shape index (κ3) is 9.13. The molecule has 1 aromatic rings. The van der Waals surface area contributed by atoms with Gasteiger partial charge in [0.05, 0.1) is 18.8 Å². The zero-order valence-corrected chi connectivity index (χ0v) is 18.2. The van der Waals surface area contributed by atoms with Crippen LogP contribution in [0.25, 0.3) is 6.08 Å². The number of ether oxygens (including phenoxy) is 2. The molecule has 1 aromatic carbocycles. The van der Waals surface area contributed by atoms with E-state index in [1.165, 1.54) is 13.0 Å². The summed E-state index contributed by atoms with van der Waals surface area (Å²) in [5, 5.41) is 9.40. The van der Waals surface area contributed by atoms with E-state index in [2.05, 4.69) is 13.2 Å². The normalized spacial score (nSPS) is 11.6. The van der Waals surface area contributed by atoms with E-state index in [4.69, 9.17) is 9.47 Å². The van der Waals surface area contributed by atoms with Gasteiger partial charge in [0.2, 0.25) is 0 Å². The van der Waals surface area contributed by atoms with E-state index in [1.54, 1.807) is 0 Å². The molecule has 0 fully saturated rings. The van der Waals surface area contributed by atoms with Crippen LogP contribution in [0.2, 0.25) is 0 Å². The van der Waals surface area contributed by atoms with E-state index in [9.17, 15) is 19.6 Å². The summed E-state index contributed by atoms with van der Waals surface area (Å²) < 4.78 is 10.2. The first-order valence-electron chi connectivity index (χ1n) is 9.72. The number of anilines is 1. The number of benzene rings is 1. The number of ketones is 1. The van der Waals surface area contributed by atoms with Crippen molar-refractivity contribution in [2.45, 2.75) is 19.8 Å². The van der Waals surface area contributed by atoms with Crippen LogP contribution >= 0.6 is 0 Å². The van der Waals surface area contributed by atoms with Gasteiger partial charge < -0.3 is 14.4 Å². The molecular formula is C24H28N2O5. The molecule has 1 rings (SSSR count). The van der Waals surface area contributed by atoms with Gasteiger partial charge in [0.25, 0.3) is 0 Å². The fourth-order valence-electron chi connectivity index (χ4n) is 2.47. The fraction of sp³-hybridized carbons (Fsp3) is 0.333. The van der Waals surface area contributed by atoms with Crippen LogP contribution in [0.5, 0.6) is 0 Å². The summed E-state index contributed by atoms with van der Waals surface area (Å²) in [4.78, 5) is 37.5. The maximum Gasteiger partial charge on any atom is 0.333 e. The van der Waals surface area contributed by atoms with E-state index in [0.29, 0.717) is 0 Å². The van der Waals surface area contributed by atoms with Crippen LogP contribution in [-0.4, -0.2) is 45.0 Å². The third-order valence-corrected chi connectivity index (χ3v) is 4.35. The van der Waals surface area contributed by atoms with Crippen LogP contribution in [0, 0.1) is 17.2 Å². The minimum Gasteiger partial charge on any atom is -0.462 e. The van der Waals surface area contributed by atoms with Gasteiger partial charge in [-0.2, -0.15) is 5.26 Å². The number of rotatable bonds is 12. The summed E-state index contributed by atoms with van der Waals surface area (Å²) in [6.07, 6.45) is 2.87. The molecule has 0 aliphatic rings. The van der Waals surface area contributed by atoms with Gasteiger partial charge in [-0.3, -0.25) is 4.79 Å². The molecule has 0 saturated carbocycles. The summed E-state index contributed by atoms with van der Waals surface area (Å²) in [6, 6.07) is 9.39. The van der Waals surface area contributed by atoms with Gasteiger partial charge in [-0.15, -0.1) is 0 Å². The smallest absolute Gasteiger partial charge is 0.333 e. The molecule has 0 aliphatic heterocycles. The van der Waals surface area contributed by atoms with Crippen LogP contribution < -0.4 is 4.90 Å². The summed E-state index contributed by atoms with van der Waals surface area (Å²) >= 11 is 0. The molecule has 0 saturated heterocycles. The van der Waals surface area contributed by atoms with Crippen LogP contribution in [-0.2, 0) is 23.9 Å². The van der Waals surface area contributed by atoms with Crippen molar-refractivity contribution < 1.29 is 23.9 Å². The Hall–Kier alpha value is -3.66. The second-order valence-corrected chi connectivity index (χ2v) is 7.20. The van der Waals surface area contributed by atoms with Gasteiger partial charge >= 0.3 is 11.9 Å². The van der Waals surface area contributed by atoms with Gasteiger partial charge in [0, 0.05) is 43.8 Å². The molecule has 0 radical (unpaired) electrons. The van der Waals surface area contributed by atoms with E-state index in [0.717, 1.165) is 17.3 Å². The Balaban J connectivity index is 2.80. The minimum absolute atomic E-state index is 0.0263. The number of carbonyl (C=O) groups is 3. The Morgan fingerprint density at radius 1 is 1.16 bits per heavy atom. The topological polar surface area (TPSA) is 96.7 Å². The molecule has 1 unspecified atom stereocenters. The highest BCUT2D eigenvalue weighted by Crippen LogP contribution is 2.17. The van der Waals surface area contributed by atoms with Crippen LogP contribution in [0.1, 0.15) is 25.3 Å². The number of allylic oxidation sites excluding steroid dienone is 1. The Morgan fingerprint density at radius 3 is 2.29 bits per heavy atom. The molecule has 0 aromatic heterocycles. The summed E-state index contributed by atoms with van der Waals surface area (Å²) in [5.41, 5.74) is 2.01. The molecule has 31 heavy (non-hydrogen) atoms. The van der Waals surface area contributed by atoms with Crippen molar-refractivity contribution in [3.8, 4) is 6.07 Å². The van der Waals surface area contributed by atoms with E-state index < -0.39 is 17.9 Å². The number of Topliss-reactive ketones (excluding diaryl/α,β-unsaturated/α-hetero) is 1. The Labute approximate surface area is 183 Å². The quantitative estimate of drug-likeness (QED) is 0.288. The molecule has 0 bridgehead atoms. The first-order valence-corrected chi connectivity index (χ1v) is 9.72. The van der Waals surface area contributed by atoms with Gasteiger partial charge in [-0.1, -0.05) is 25.3 Å². The zero-order valence-electron chi connectivity index (χ0n) is 18.2. The number of carbonyl (C=O) groups excluding carboxylic acids is 3. The first kappa shape index (κ1) is 25.4. The van der Waals surface area contributed by atoms with Gasteiger partial charge in [-0.05, 0) is 37.1 Å². The van der Waals surface area contributed by atoms with Crippen molar-refractivity contribution in [1.29, 1.82) is 5.26 Å². The number of nitriles is 1. The van der Waals surface area contributed by atoms with Crippen molar-refractivity contribution in [2.24, 2.45) is 5.92 Å². The predicted octanol–water partition coefficient (Wildman–Crippen LogP) is 3.47. The Morgan fingerprint density at radius 2 is 1.77 bits per heavy atom. The average molecular weight is 424 g/mol. The number of hydrogen-bond acceptors (Lipinski definition) is 7. The number of esters is 2. The van der Waals surface area contributed by atoms with Crippen molar-refractivity contribution in [2.75, 3.05) is 32.2 Å². The SMILES string of the molecule is C=CC(=O)OCC(CCC(=O)/C(C#N)=C/c1ccc(N(C)C)cc1)COC(=O)C(=C)C. The monoisotopic (exact) mass is 424 g/mol. The molecule has 1 atom stereocenters. The van der Waals surface area contributed by atoms with Crippen LogP contribution in [0.15, 0.2) is 54.6 Å². The second kappa shape index (κ2) is 12.8. The number of hydrogen-bond donors (Lipinski definition) is 0. The Bertz CT molecular complexity index is 892. The summed E-state index contributed by atoms with van der Waals surface area (Å²) in [6.45, 7) is 8.28. The lowest BCUT2D eigenvalue weighted by molar-refractivity contribution is -0.143. The van der Waals surface area contributed by atoms with Gasteiger partial charge in [-0.25, -0.2) is 9.59 Å². The highest BCUT2D eigenvalue weighted by molar-refractivity contribution is 6.03. The highest BCUT2D eigenvalue weighted by atomic mass is 16.5. The lowest BCUT2D eigenvalue weighted by atomic mass is 9.99.